The number of ether oxygens (including phenoxy) is 1. The molecule has 38 heavy (non-hydrogen) atoms. The molecule has 9 nitrogen and oxygen atoms in total. The summed E-state index contributed by atoms with van der Waals surface area (Å²) >= 11 is 0. The second kappa shape index (κ2) is 12.5. The minimum absolute atomic E-state index is 0.177. The maximum atomic E-state index is 13.6. The molecule has 0 spiro atoms. The van der Waals surface area contributed by atoms with Crippen LogP contribution in [0.4, 0.5) is 23.2 Å². The van der Waals surface area contributed by atoms with Crippen molar-refractivity contribution in [1.29, 1.82) is 0 Å². The van der Waals surface area contributed by atoms with Gasteiger partial charge in [0, 0.05) is 24.8 Å². The summed E-state index contributed by atoms with van der Waals surface area (Å²) in [5, 5.41) is 20.1. The van der Waals surface area contributed by atoms with Gasteiger partial charge in [0.15, 0.2) is 0 Å². The number of rotatable bonds is 7. The Morgan fingerprint density at radius 2 is 1.89 bits per heavy atom. The van der Waals surface area contributed by atoms with Gasteiger partial charge in [-0.1, -0.05) is 12.1 Å². The molecular formula is C25H27F4N5O4. The van der Waals surface area contributed by atoms with Gasteiger partial charge in [-0.3, -0.25) is 9.89 Å². The fourth-order valence-electron chi connectivity index (χ4n) is 3.56. The number of carboxylic acids is 1. The zero-order valence-corrected chi connectivity index (χ0v) is 20.6. The maximum Gasteiger partial charge on any atom is 0.490 e. The van der Waals surface area contributed by atoms with Crippen LogP contribution in [0.25, 0.3) is 11.1 Å². The van der Waals surface area contributed by atoms with Crippen molar-refractivity contribution in [3.63, 3.8) is 0 Å². The number of aromatic amines is 1. The van der Waals surface area contributed by atoms with E-state index < -0.39 is 18.2 Å². The number of aliphatic carboxylic acids is 1. The average molecular weight is 538 g/mol. The molecule has 0 fully saturated rings. The van der Waals surface area contributed by atoms with Gasteiger partial charge in [0.05, 0.1) is 17.9 Å². The molecule has 1 atom stereocenters. The Kier molecular flexibility index (Phi) is 9.42. The highest BCUT2D eigenvalue weighted by Gasteiger charge is 2.38. The average Bonchev–Trinajstić information content (AvgIpc) is 3.39. The first-order valence-electron chi connectivity index (χ1n) is 11.5. The van der Waals surface area contributed by atoms with Gasteiger partial charge in [-0.05, 0) is 61.5 Å². The van der Waals surface area contributed by atoms with Crippen molar-refractivity contribution in [2.45, 2.75) is 25.2 Å². The molecule has 1 aliphatic rings. The summed E-state index contributed by atoms with van der Waals surface area (Å²) < 4.78 is 51.3. The van der Waals surface area contributed by atoms with Crippen molar-refractivity contribution in [3.05, 3.63) is 65.7 Å². The van der Waals surface area contributed by atoms with E-state index in [0.717, 1.165) is 28.8 Å². The number of nitrogens with zero attached hydrogens (tertiary/aromatic N) is 2. The summed E-state index contributed by atoms with van der Waals surface area (Å²) in [6, 6.07) is 9.91. The van der Waals surface area contributed by atoms with Crippen molar-refractivity contribution in [2.24, 2.45) is 0 Å². The second-order valence-corrected chi connectivity index (χ2v) is 8.69. The quantitative estimate of drug-likeness (QED) is 0.341. The number of hydrogen-bond donors (Lipinski definition) is 4. The predicted octanol–water partition coefficient (Wildman–Crippen LogP) is 3.44. The smallest absolute Gasteiger partial charge is 0.490 e. The first-order valence-corrected chi connectivity index (χ1v) is 11.5. The Bertz CT molecular complexity index is 1250. The van der Waals surface area contributed by atoms with Gasteiger partial charge in [-0.15, -0.1) is 0 Å². The normalized spacial score (nSPS) is 14.8. The zero-order chi connectivity index (χ0) is 27.9. The maximum absolute atomic E-state index is 13.6. The van der Waals surface area contributed by atoms with E-state index >= 15 is 0 Å². The molecule has 4 rings (SSSR count). The molecule has 2 aromatic carbocycles. The van der Waals surface area contributed by atoms with Crippen LogP contribution >= 0.6 is 0 Å². The molecule has 2 heterocycles. The molecule has 1 aromatic heterocycles. The van der Waals surface area contributed by atoms with Gasteiger partial charge in [0.1, 0.15) is 18.2 Å². The number of carbonyl (C=O) groups excluding carboxylic acids is 1. The van der Waals surface area contributed by atoms with Gasteiger partial charge in [-0.25, -0.2) is 9.18 Å². The predicted molar refractivity (Wildman–Crippen MR) is 131 cm³/mol. The van der Waals surface area contributed by atoms with Crippen molar-refractivity contribution in [2.75, 3.05) is 32.6 Å². The van der Waals surface area contributed by atoms with E-state index in [9.17, 15) is 22.4 Å². The fraction of sp³-hybridized carbons (Fsp3) is 0.320. The second-order valence-electron chi connectivity index (χ2n) is 8.69. The van der Waals surface area contributed by atoms with Gasteiger partial charge >= 0.3 is 12.1 Å². The molecule has 0 aliphatic carbocycles. The van der Waals surface area contributed by atoms with Gasteiger partial charge in [0.2, 0.25) is 5.91 Å². The summed E-state index contributed by atoms with van der Waals surface area (Å²) in [7, 11) is 3.95. The molecule has 204 valence electrons. The minimum Gasteiger partial charge on any atom is -0.490 e. The van der Waals surface area contributed by atoms with Gasteiger partial charge in [0.25, 0.3) is 0 Å². The summed E-state index contributed by atoms with van der Waals surface area (Å²) in [5.74, 6) is -2.63. The van der Waals surface area contributed by atoms with E-state index in [1.807, 2.05) is 37.2 Å². The first kappa shape index (κ1) is 28.6. The van der Waals surface area contributed by atoms with E-state index in [1.54, 1.807) is 18.5 Å². The molecule has 13 heteroatoms. The number of fused-ring (bicyclic) bond motifs is 1. The molecule has 1 amide bonds. The highest BCUT2D eigenvalue weighted by atomic mass is 19.4. The molecule has 0 saturated carbocycles. The lowest BCUT2D eigenvalue weighted by Crippen LogP contribution is -2.44. The number of benzene rings is 2. The fourth-order valence-corrected chi connectivity index (χ4v) is 3.56. The Hall–Kier alpha value is -3.97. The Labute approximate surface area is 215 Å². The lowest BCUT2D eigenvalue weighted by Gasteiger charge is -2.26. The summed E-state index contributed by atoms with van der Waals surface area (Å²) in [6.07, 6.45) is -1.11. The Morgan fingerprint density at radius 3 is 2.53 bits per heavy atom. The van der Waals surface area contributed by atoms with Crippen molar-refractivity contribution in [1.82, 2.24) is 20.4 Å². The van der Waals surface area contributed by atoms with Crippen LogP contribution in [0.1, 0.15) is 11.1 Å². The van der Waals surface area contributed by atoms with E-state index in [4.69, 9.17) is 14.6 Å². The van der Waals surface area contributed by atoms with E-state index in [0.29, 0.717) is 31.0 Å². The van der Waals surface area contributed by atoms with Crippen LogP contribution in [0.3, 0.4) is 0 Å². The van der Waals surface area contributed by atoms with Crippen LogP contribution in [-0.2, 0) is 22.6 Å². The van der Waals surface area contributed by atoms with Crippen LogP contribution in [0.15, 0.2) is 48.8 Å². The number of likely N-dealkylation sites (N-methyl/N-ethyl adjacent to an activating group) is 1. The molecule has 0 unspecified atom stereocenters. The number of carboxylic acid groups (broad SMARTS) is 1. The van der Waals surface area contributed by atoms with Crippen molar-refractivity contribution >= 4 is 17.6 Å². The Balaban J connectivity index is 0.000000505. The van der Waals surface area contributed by atoms with Crippen molar-refractivity contribution in [3.8, 4) is 16.9 Å². The highest BCUT2D eigenvalue weighted by Crippen LogP contribution is 2.31. The summed E-state index contributed by atoms with van der Waals surface area (Å²) in [6.45, 7) is 1.76. The number of hydrogen-bond acceptors (Lipinski definition) is 6. The SMILES string of the molecule is CN(C)CCOc1cc(-c2cn[nH]c2)ccc1NC(=O)[C@@H]1Cc2cc(F)ccc2CN1.O=C(O)C(F)(F)F. The van der Waals surface area contributed by atoms with Crippen LogP contribution in [-0.4, -0.2) is 71.5 Å². The minimum atomic E-state index is -5.08. The lowest BCUT2D eigenvalue weighted by molar-refractivity contribution is -0.192. The third-order valence-corrected chi connectivity index (χ3v) is 5.56. The van der Waals surface area contributed by atoms with Crippen LogP contribution in [0.5, 0.6) is 5.75 Å². The number of nitrogens with one attached hydrogen (secondary N) is 3. The number of amides is 1. The molecule has 3 aromatic rings. The van der Waals surface area contributed by atoms with E-state index in [2.05, 4.69) is 20.8 Å². The number of anilines is 1. The first-order chi connectivity index (χ1) is 17.9. The molecule has 4 N–H and O–H groups in total. The molecule has 0 saturated heterocycles. The number of carbonyl (C=O) groups is 2. The summed E-state index contributed by atoms with van der Waals surface area (Å²) in [4.78, 5) is 23.9. The van der Waals surface area contributed by atoms with Crippen LogP contribution < -0.4 is 15.4 Å². The molecule has 1 aliphatic heterocycles. The standard InChI is InChI=1S/C23H26FN5O2.C2HF3O2/c1-29(2)7-8-31-22-11-15(18-13-26-27-14-18)4-6-20(22)28-23(30)21-10-17-9-19(24)5-3-16(17)12-25-21;3-2(4,5)1(6)7/h3-6,9,11,13-14,21,25H,7-8,10,12H2,1-2H3,(H,26,27)(H,28,30);(H,6,7)/t21-;/m0./s1. The third-order valence-electron chi connectivity index (χ3n) is 5.56. The van der Waals surface area contributed by atoms with Gasteiger partial charge < -0.3 is 25.4 Å². The Morgan fingerprint density at radius 1 is 1.16 bits per heavy atom. The monoisotopic (exact) mass is 537 g/mol. The lowest BCUT2D eigenvalue weighted by atomic mass is 9.95. The van der Waals surface area contributed by atoms with Gasteiger partial charge in [-0.2, -0.15) is 18.3 Å². The van der Waals surface area contributed by atoms with E-state index in [-0.39, 0.29) is 11.7 Å². The van der Waals surface area contributed by atoms with Crippen LogP contribution in [0, 0.1) is 5.82 Å². The largest absolute Gasteiger partial charge is 0.490 e. The molecule has 0 radical (unpaired) electrons. The number of H-pyrrole nitrogens is 1. The van der Waals surface area contributed by atoms with Crippen LogP contribution in [0.2, 0.25) is 0 Å². The molecular weight excluding hydrogens is 510 g/mol. The topological polar surface area (TPSA) is 120 Å². The number of alkyl halides is 3. The highest BCUT2D eigenvalue weighted by molar-refractivity contribution is 5.96. The number of aromatic nitrogens is 2. The third kappa shape index (κ3) is 8.02. The van der Waals surface area contributed by atoms with Crippen molar-refractivity contribution < 1.29 is 37.0 Å². The molecule has 0 bridgehead atoms. The zero-order valence-electron chi connectivity index (χ0n) is 20.6. The summed E-state index contributed by atoms with van der Waals surface area (Å²) in [5.41, 5.74) is 4.34. The van der Waals surface area contributed by atoms with E-state index in [1.165, 1.54) is 12.1 Å². The number of halogens is 4.